The van der Waals surface area contributed by atoms with Crippen LogP contribution in [0.25, 0.3) is 0 Å². The zero-order chi connectivity index (χ0) is 22.6. The normalized spacial score (nSPS) is 16.6. The van der Waals surface area contributed by atoms with Gasteiger partial charge in [-0.15, -0.1) is 0 Å². The van der Waals surface area contributed by atoms with E-state index >= 15 is 0 Å². The van der Waals surface area contributed by atoms with Crippen LogP contribution in [0.3, 0.4) is 0 Å². The van der Waals surface area contributed by atoms with Gasteiger partial charge in [0.15, 0.2) is 0 Å². The molecule has 2 aromatic carbocycles. The van der Waals surface area contributed by atoms with Crippen LogP contribution in [0.15, 0.2) is 53.4 Å². The van der Waals surface area contributed by atoms with Gasteiger partial charge in [-0.2, -0.15) is 0 Å². The Morgan fingerprint density at radius 3 is 2.26 bits per heavy atom. The lowest BCUT2D eigenvalue weighted by molar-refractivity contribution is -0.384. The molecule has 9 nitrogen and oxygen atoms in total. The van der Waals surface area contributed by atoms with Gasteiger partial charge in [0.1, 0.15) is 0 Å². The van der Waals surface area contributed by atoms with Crippen molar-refractivity contribution in [3.8, 4) is 0 Å². The first kappa shape index (κ1) is 23.1. The number of nitro groups is 1. The van der Waals surface area contributed by atoms with Gasteiger partial charge in [0, 0.05) is 42.0 Å². The summed E-state index contributed by atoms with van der Waals surface area (Å²) in [5.41, 5.74) is 0.433. The Balaban J connectivity index is 1.51. The maximum Gasteiger partial charge on any atom is 0.269 e. The van der Waals surface area contributed by atoms with Crippen molar-refractivity contribution in [2.45, 2.75) is 36.7 Å². The number of hydrogen-bond acceptors (Lipinski definition) is 6. The topological polar surface area (TPSA) is 122 Å². The second kappa shape index (κ2) is 9.73. The lowest BCUT2D eigenvalue weighted by Crippen LogP contribution is -2.50. The molecule has 0 saturated carbocycles. The number of likely N-dealkylation sites (tertiary alicyclic amines) is 1. The van der Waals surface area contributed by atoms with Gasteiger partial charge in [0.05, 0.1) is 15.9 Å². The lowest BCUT2D eigenvalue weighted by atomic mass is 10.0. The zero-order valence-electron chi connectivity index (χ0n) is 16.8. The number of rotatable bonds is 7. The third kappa shape index (κ3) is 6.01. The van der Waals surface area contributed by atoms with Crippen molar-refractivity contribution in [1.82, 2.24) is 9.62 Å². The molecule has 1 aliphatic rings. The van der Waals surface area contributed by atoms with E-state index in [1.54, 1.807) is 6.92 Å². The van der Waals surface area contributed by atoms with E-state index in [0.717, 1.165) is 0 Å². The van der Waals surface area contributed by atoms with Gasteiger partial charge in [-0.1, -0.05) is 11.6 Å². The van der Waals surface area contributed by atoms with E-state index in [1.807, 2.05) is 4.90 Å². The summed E-state index contributed by atoms with van der Waals surface area (Å²) in [4.78, 5) is 24.9. The molecule has 3 rings (SSSR count). The number of nitrogens with one attached hydrogen (secondary N) is 2. The highest BCUT2D eigenvalue weighted by Crippen LogP contribution is 2.20. The minimum absolute atomic E-state index is 0.0471. The molecule has 1 unspecified atom stereocenters. The van der Waals surface area contributed by atoms with Crippen LogP contribution >= 0.6 is 11.6 Å². The third-order valence-electron chi connectivity index (χ3n) is 5.25. The predicted molar refractivity (Wildman–Crippen MR) is 118 cm³/mol. The van der Waals surface area contributed by atoms with E-state index in [9.17, 15) is 23.3 Å². The number of anilines is 1. The average Bonchev–Trinajstić information content (AvgIpc) is 2.74. The van der Waals surface area contributed by atoms with Crippen molar-refractivity contribution in [1.29, 1.82) is 0 Å². The first-order valence-corrected chi connectivity index (χ1v) is 11.6. The van der Waals surface area contributed by atoms with Crippen LogP contribution in [0.4, 0.5) is 11.4 Å². The summed E-state index contributed by atoms with van der Waals surface area (Å²) in [6.07, 6.45) is 1.14. The van der Waals surface area contributed by atoms with Crippen molar-refractivity contribution in [2.24, 2.45) is 0 Å². The van der Waals surface area contributed by atoms with E-state index in [2.05, 4.69) is 10.0 Å². The molecule has 0 bridgehead atoms. The van der Waals surface area contributed by atoms with Crippen LogP contribution in [0, 0.1) is 10.1 Å². The summed E-state index contributed by atoms with van der Waals surface area (Å²) in [6.45, 7) is 2.89. The molecule has 2 aromatic rings. The Bertz CT molecular complexity index is 1040. The smallest absolute Gasteiger partial charge is 0.269 e. The van der Waals surface area contributed by atoms with Crippen molar-refractivity contribution < 1.29 is 18.1 Å². The van der Waals surface area contributed by atoms with Gasteiger partial charge in [0.25, 0.3) is 5.69 Å². The molecule has 2 N–H and O–H groups in total. The van der Waals surface area contributed by atoms with Gasteiger partial charge in [-0.25, -0.2) is 13.1 Å². The number of nitrogens with zero attached hydrogens (tertiary/aromatic N) is 2. The van der Waals surface area contributed by atoms with Gasteiger partial charge >= 0.3 is 0 Å². The number of carbonyl (C=O) groups is 1. The van der Waals surface area contributed by atoms with E-state index in [4.69, 9.17) is 11.6 Å². The molecule has 11 heteroatoms. The Morgan fingerprint density at radius 1 is 1.13 bits per heavy atom. The van der Waals surface area contributed by atoms with Gasteiger partial charge < -0.3 is 5.32 Å². The molecule has 1 amide bonds. The second-order valence-corrected chi connectivity index (χ2v) is 9.51. The summed E-state index contributed by atoms with van der Waals surface area (Å²) >= 11 is 5.81. The molecule has 0 aromatic heterocycles. The fraction of sp³-hybridized carbons (Fsp3) is 0.350. The maximum atomic E-state index is 12.5. The summed E-state index contributed by atoms with van der Waals surface area (Å²) in [7, 11) is -3.64. The third-order valence-corrected chi connectivity index (χ3v) is 7.04. The van der Waals surface area contributed by atoms with Crippen molar-refractivity contribution >= 4 is 38.9 Å². The summed E-state index contributed by atoms with van der Waals surface area (Å²) in [6, 6.07) is 11.0. The average molecular weight is 467 g/mol. The Labute approximate surface area is 185 Å². The summed E-state index contributed by atoms with van der Waals surface area (Å²) in [5, 5.41) is 13.9. The van der Waals surface area contributed by atoms with E-state index < -0.39 is 21.0 Å². The molecule has 1 saturated heterocycles. The molecule has 1 atom stereocenters. The molecule has 0 aliphatic carbocycles. The number of benzene rings is 2. The summed E-state index contributed by atoms with van der Waals surface area (Å²) < 4.78 is 27.8. The highest BCUT2D eigenvalue weighted by atomic mass is 35.5. The van der Waals surface area contributed by atoms with E-state index in [0.29, 0.717) is 36.6 Å². The maximum absolute atomic E-state index is 12.5. The highest BCUT2D eigenvalue weighted by molar-refractivity contribution is 7.89. The molecule has 166 valence electrons. The van der Waals surface area contributed by atoms with Gasteiger partial charge in [-0.3, -0.25) is 19.8 Å². The van der Waals surface area contributed by atoms with Gasteiger partial charge in [0.2, 0.25) is 15.9 Å². The fourth-order valence-corrected chi connectivity index (χ4v) is 4.82. The molecule has 1 aliphatic heterocycles. The SMILES string of the molecule is CC(C(=O)Nc1ccc([N+](=O)[O-])cc1)N1CCC(NS(=O)(=O)c2ccc(Cl)cc2)CC1. The molecule has 1 heterocycles. The Morgan fingerprint density at radius 2 is 1.71 bits per heavy atom. The summed E-state index contributed by atoms with van der Waals surface area (Å²) in [5.74, 6) is -0.228. The fourth-order valence-electron chi connectivity index (χ4n) is 3.38. The first-order valence-electron chi connectivity index (χ1n) is 9.73. The molecular formula is C20H23ClN4O5S. The van der Waals surface area contributed by atoms with E-state index in [1.165, 1.54) is 48.5 Å². The molecular weight excluding hydrogens is 444 g/mol. The lowest BCUT2D eigenvalue weighted by Gasteiger charge is -2.35. The van der Waals surface area contributed by atoms with Crippen LogP contribution in [-0.2, 0) is 14.8 Å². The van der Waals surface area contributed by atoms with Crippen LogP contribution in [0.5, 0.6) is 0 Å². The second-order valence-electron chi connectivity index (χ2n) is 7.35. The largest absolute Gasteiger partial charge is 0.325 e. The number of sulfonamides is 1. The van der Waals surface area contributed by atoms with E-state index in [-0.39, 0.29) is 22.5 Å². The number of hydrogen-bond donors (Lipinski definition) is 2. The Kier molecular flexibility index (Phi) is 7.26. The van der Waals surface area contributed by atoms with Crippen LogP contribution in [0.2, 0.25) is 5.02 Å². The highest BCUT2D eigenvalue weighted by Gasteiger charge is 2.29. The first-order chi connectivity index (χ1) is 14.7. The predicted octanol–water partition coefficient (Wildman–Crippen LogP) is 3.02. The number of nitro benzene ring substituents is 1. The Hall–Kier alpha value is -2.53. The van der Waals surface area contributed by atoms with Crippen molar-refractivity contribution in [3.05, 3.63) is 63.7 Å². The minimum atomic E-state index is -3.64. The molecule has 0 radical (unpaired) electrons. The van der Waals surface area contributed by atoms with Crippen LogP contribution in [0.1, 0.15) is 19.8 Å². The zero-order valence-corrected chi connectivity index (χ0v) is 18.4. The molecule has 1 fully saturated rings. The van der Waals surface area contributed by atoms with Gasteiger partial charge in [-0.05, 0) is 56.2 Å². The van der Waals surface area contributed by atoms with Crippen molar-refractivity contribution in [2.75, 3.05) is 18.4 Å². The standard InChI is InChI=1S/C20H23ClN4O5S/c1-14(20(26)22-16-4-6-18(7-5-16)25(27)28)24-12-10-17(11-13-24)23-31(29,30)19-8-2-15(21)3-9-19/h2-9,14,17,23H,10-13H2,1H3,(H,22,26). The van der Waals surface area contributed by atoms with Crippen molar-refractivity contribution in [3.63, 3.8) is 0 Å². The van der Waals surface area contributed by atoms with Crippen LogP contribution < -0.4 is 10.0 Å². The number of carbonyl (C=O) groups excluding carboxylic acids is 1. The number of halogens is 1. The monoisotopic (exact) mass is 466 g/mol. The van der Waals surface area contributed by atoms with Crippen LogP contribution in [-0.4, -0.2) is 49.3 Å². The molecule has 0 spiro atoms. The molecule has 31 heavy (non-hydrogen) atoms. The number of amides is 1. The number of piperidine rings is 1. The number of non-ortho nitro benzene ring substituents is 1. The quantitative estimate of drug-likeness (QED) is 0.477. The minimum Gasteiger partial charge on any atom is -0.325 e.